The Kier molecular flexibility index (Phi) is 6.67. The smallest absolute Gasteiger partial charge is 0.0279 e. The van der Waals surface area contributed by atoms with Crippen molar-refractivity contribution in [3.8, 4) is 0 Å². The fraction of sp³-hybridized carbons (Fsp3) is 0.429. The molecular formula is C14H19ClS. The number of rotatable bonds is 6. The second kappa shape index (κ2) is 7.81. The maximum Gasteiger partial charge on any atom is 0.0279 e. The van der Waals surface area contributed by atoms with E-state index in [1.54, 1.807) is 0 Å². The van der Waals surface area contributed by atoms with Crippen molar-refractivity contribution in [2.24, 2.45) is 0 Å². The van der Waals surface area contributed by atoms with Gasteiger partial charge in [-0.2, -0.15) is 0 Å². The molecular weight excluding hydrogens is 236 g/mol. The Morgan fingerprint density at radius 2 is 1.69 bits per heavy atom. The molecule has 0 aliphatic rings. The molecule has 16 heavy (non-hydrogen) atoms. The summed E-state index contributed by atoms with van der Waals surface area (Å²) in [7, 11) is 0. The van der Waals surface area contributed by atoms with Crippen molar-refractivity contribution in [1.29, 1.82) is 0 Å². The van der Waals surface area contributed by atoms with E-state index >= 15 is 0 Å². The van der Waals surface area contributed by atoms with E-state index in [0.29, 0.717) is 0 Å². The van der Waals surface area contributed by atoms with E-state index in [-0.39, 0.29) is 0 Å². The largest absolute Gasteiger partial charge is 0.0933 e. The van der Waals surface area contributed by atoms with Gasteiger partial charge >= 0.3 is 0 Å². The number of hydrogen-bond acceptors (Lipinski definition) is 1. The summed E-state index contributed by atoms with van der Waals surface area (Å²) < 4.78 is 0. The molecule has 0 fully saturated rings. The summed E-state index contributed by atoms with van der Waals surface area (Å²) in [6.07, 6.45) is 4.34. The van der Waals surface area contributed by atoms with Crippen LogP contribution in [0.4, 0.5) is 0 Å². The molecule has 0 N–H and O–H groups in total. The average Bonchev–Trinajstić information content (AvgIpc) is 2.30. The third-order valence-corrected chi connectivity index (χ3v) is 3.97. The lowest BCUT2D eigenvalue weighted by atomic mass is 10.2. The van der Waals surface area contributed by atoms with Crippen LogP contribution in [0.5, 0.6) is 0 Å². The zero-order chi connectivity index (χ0) is 11.8. The Balaban J connectivity index is 2.75. The maximum atomic E-state index is 6.33. The third-order valence-electron chi connectivity index (χ3n) is 2.23. The maximum absolute atomic E-state index is 6.33. The minimum Gasteiger partial charge on any atom is -0.0933 e. The van der Waals surface area contributed by atoms with Crippen LogP contribution in [0.15, 0.2) is 45.2 Å². The first-order valence-electron chi connectivity index (χ1n) is 5.88. The minimum absolute atomic E-state index is 0.997. The highest BCUT2D eigenvalue weighted by atomic mass is 35.5. The molecule has 0 atom stereocenters. The molecule has 0 aliphatic carbocycles. The summed E-state index contributed by atoms with van der Waals surface area (Å²) in [4.78, 5) is 2.61. The quantitative estimate of drug-likeness (QED) is 0.576. The highest BCUT2D eigenvalue weighted by Crippen LogP contribution is 2.34. The van der Waals surface area contributed by atoms with Gasteiger partial charge in [0.25, 0.3) is 0 Å². The molecule has 2 heteroatoms. The highest BCUT2D eigenvalue weighted by molar-refractivity contribution is 8.03. The highest BCUT2D eigenvalue weighted by Gasteiger charge is 2.05. The molecule has 0 amide bonds. The van der Waals surface area contributed by atoms with Crippen LogP contribution in [0.2, 0.25) is 0 Å². The van der Waals surface area contributed by atoms with Crippen molar-refractivity contribution < 1.29 is 0 Å². The van der Waals surface area contributed by atoms with Crippen molar-refractivity contribution in [2.75, 3.05) is 0 Å². The molecule has 0 radical (unpaired) electrons. The van der Waals surface area contributed by atoms with Crippen LogP contribution in [0.1, 0.15) is 39.5 Å². The van der Waals surface area contributed by atoms with Gasteiger partial charge in [0, 0.05) is 14.8 Å². The van der Waals surface area contributed by atoms with E-state index in [9.17, 15) is 0 Å². The van der Waals surface area contributed by atoms with E-state index in [1.165, 1.54) is 9.80 Å². The number of allylic oxidation sites excluding steroid dienone is 2. The molecule has 0 bridgehead atoms. The zero-order valence-electron chi connectivity index (χ0n) is 10.0. The lowest BCUT2D eigenvalue weighted by Gasteiger charge is -2.09. The molecule has 0 saturated carbocycles. The Bertz CT molecular complexity index is 330. The Hall–Kier alpha value is -0.400. The van der Waals surface area contributed by atoms with Crippen molar-refractivity contribution in [1.82, 2.24) is 0 Å². The van der Waals surface area contributed by atoms with Crippen LogP contribution in [0.3, 0.4) is 0 Å². The fourth-order valence-corrected chi connectivity index (χ4v) is 2.95. The van der Waals surface area contributed by atoms with E-state index in [0.717, 1.165) is 30.7 Å². The summed E-state index contributed by atoms with van der Waals surface area (Å²) in [5, 5.41) is 1.04. The Morgan fingerprint density at radius 3 is 2.25 bits per heavy atom. The normalized spacial score (nSPS) is 12.4. The van der Waals surface area contributed by atoms with E-state index < -0.39 is 0 Å². The van der Waals surface area contributed by atoms with Crippen molar-refractivity contribution >= 4 is 23.4 Å². The molecule has 0 unspecified atom stereocenters. The topological polar surface area (TPSA) is 0 Å². The van der Waals surface area contributed by atoms with Crippen molar-refractivity contribution in [3.63, 3.8) is 0 Å². The lowest BCUT2D eigenvalue weighted by Crippen LogP contribution is -1.84. The molecule has 0 aromatic heterocycles. The van der Waals surface area contributed by atoms with Crippen LogP contribution in [-0.4, -0.2) is 0 Å². The van der Waals surface area contributed by atoms with E-state index in [1.807, 2.05) is 17.8 Å². The van der Waals surface area contributed by atoms with Gasteiger partial charge in [-0.3, -0.25) is 0 Å². The standard InChI is InChI=1S/C14H19ClS/c1-3-8-13(15)14(9-4-2)16-12-10-6-5-7-11-12/h5-7,10-11H,3-4,8-9H2,1-2H3/b14-13+. The summed E-state index contributed by atoms with van der Waals surface area (Å²) >= 11 is 8.14. The van der Waals surface area contributed by atoms with Crippen LogP contribution in [-0.2, 0) is 0 Å². The lowest BCUT2D eigenvalue weighted by molar-refractivity contribution is 0.901. The van der Waals surface area contributed by atoms with Crippen LogP contribution < -0.4 is 0 Å². The van der Waals surface area contributed by atoms with Crippen LogP contribution >= 0.6 is 23.4 Å². The molecule has 0 aliphatic heterocycles. The first kappa shape index (κ1) is 13.7. The molecule has 1 aromatic rings. The number of thioether (sulfide) groups is 1. The van der Waals surface area contributed by atoms with Gasteiger partial charge in [-0.15, -0.1) is 0 Å². The number of benzene rings is 1. The first-order valence-corrected chi connectivity index (χ1v) is 7.07. The Morgan fingerprint density at radius 1 is 1.06 bits per heavy atom. The van der Waals surface area contributed by atoms with Gasteiger partial charge in [0.2, 0.25) is 0 Å². The second-order valence-corrected chi connectivity index (χ2v) is 5.37. The predicted octanol–water partition coefficient (Wildman–Crippen LogP) is 5.83. The zero-order valence-corrected chi connectivity index (χ0v) is 11.6. The average molecular weight is 255 g/mol. The van der Waals surface area contributed by atoms with Gasteiger partial charge < -0.3 is 0 Å². The monoisotopic (exact) mass is 254 g/mol. The Labute approximate surface area is 108 Å². The number of halogens is 1. The molecule has 0 saturated heterocycles. The summed E-state index contributed by atoms with van der Waals surface area (Å²) in [5.41, 5.74) is 0. The summed E-state index contributed by atoms with van der Waals surface area (Å²) in [6.45, 7) is 4.36. The number of hydrogen-bond donors (Lipinski definition) is 0. The molecule has 1 aromatic carbocycles. The van der Waals surface area contributed by atoms with E-state index in [4.69, 9.17) is 11.6 Å². The summed E-state index contributed by atoms with van der Waals surface area (Å²) in [5.74, 6) is 0. The first-order chi connectivity index (χ1) is 7.77. The van der Waals surface area contributed by atoms with Gasteiger partial charge in [0.15, 0.2) is 0 Å². The molecule has 88 valence electrons. The predicted molar refractivity (Wildman–Crippen MR) is 75.0 cm³/mol. The second-order valence-electron chi connectivity index (χ2n) is 3.74. The minimum atomic E-state index is 0.997. The van der Waals surface area contributed by atoms with Gasteiger partial charge in [-0.1, -0.05) is 68.3 Å². The van der Waals surface area contributed by atoms with Gasteiger partial charge in [-0.05, 0) is 25.0 Å². The SMILES string of the molecule is CCC/C(Cl)=C(/CCC)Sc1ccccc1. The van der Waals surface area contributed by atoms with E-state index in [2.05, 4.69) is 38.1 Å². The summed E-state index contributed by atoms with van der Waals surface area (Å²) in [6, 6.07) is 10.5. The van der Waals surface area contributed by atoms with Gasteiger partial charge in [0.1, 0.15) is 0 Å². The molecule has 0 spiro atoms. The van der Waals surface area contributed by atoms with Crippen molar-refractivity contribution in [3.05, 3.63) is 40.3 Å². The third kappa shape index (κ3) is 4.63. The fourth-order valence-electron chi connectivity index (χ4n) is 1.46. The van der Waals surface area contributed by atoms with Crippen LogP contribution in [0.25, 0.3) is 0 Å². The molecule has 1 rings (SSSR count). The van der Waals surface area contributed by atoms with Crippen molar-refractivity contribution in [2.45, 2.75) is 44.4 Å². The van der Waals surface area contributed by atoms with Crippen LogP contribution in [0, 0.1) is 0 Å². The van der Waals surface area contributed by atoms with Gasteiger partial charge in [-0.25, -0.2) is 0 Å². The van der Waals surface area contributed by atoms with Gasteiger partial charge in [0.05, 0.1) is 0 Å². The molecule has 0 heterocycles. The molecule has 0 nitrogen and oxygen atoms in total.